The lowest BCUT2D eigenvalue weighted by Crippen LogP contribution is -2.41. The van der Waals surface area contributed by atoms with Gasteiger partial charge in [0, 0.05) is 19.7 Å². The third-order valence-electron chi connectivity index (χ3n) is 5.15. The molecule has 0 aliphatic carbocycles. The molecule has 0 heterocycles. The number of rotatable bonds is 7. The highest BCUT2D eigenvalue weighted by molar-refractivity contribution is 7.92. The predicted molar refractivity (Wildman–Crippen MR) is 128 cm³/mol. The van der Waals surface area contributed by atoms with Crippen molar-refractivity contribution in [1.82, 2.24) is 10.2 Å². The van der Waals surface area contributed by atoms with Crippen molar-refractivity contribution < 1.29 is 18.0 Å². The first-order valence-corrected chi connectivity index (χ1v) is 12.2. The Morgan fingerprint density at radius 3 is 1.94 bits per heavy atom. The summed E-state index contributed by atoms with van der Waals surface area (Å²) in [6, 6.07) is 13.9. The predicted octanol–water partition coefficient (Wildman–Crippen LogP) is 3.33. The van der Waals surface area contributed by atoms with Crippen LogP contribution in [-0.4, -0.2) is 52.0 Å². The van der Waals surface area contributed by atoms with Crippen LogP contribution in [0, 0.1) is 0 Å². The Bertz CT molecular complexity index is 1050. The molecule has 1 N–H and O–H groups in total. The van der Waals surface area contributed by atoms with Crippen molar-refractivity contribution in [2.75, 3.05) is 31.2 Å². The molecule has 0 bridgehead atoms. The zero-order valence-electron chi connectivity index (χ0n) is 19.8. The van der Waals surface area contributed by atoms with Crippen LogP contribution in [0.25, 0.3) is 0 Å². The molecule has 2 amide bonds. The number of anilines is 1. The maximum absolute atomic E-state index is 12.7. The number of carbonyl (C=O) groups excluding carboxylic acids is 2. The molecule has 1 atom stereocenters. The summed E-state index contributed by atoms with van der Waals surface area (Å²) in [5.41, 5.74) is 2.92. The maximum Gasteiger partial charge on any atom is 0.253 e. The van der Waals surface area contributed by atoms with Gasteiger partial charge in [-0.2, -0.15) is 0 Å². The van der Waals surface area contributed by atoms with Gasteiger partial charge in [-0.3, -0.25) is 13.9 Å². The monoisotopic (exact) mass is 459 g/mol. The summed E-state index contributed by atoms with van der Waals surface area (Å²) in [7, 11) is -0.428. The topological polar surface area (TPSA) is 86.8 Å². The number of sulfonamides is 1. The quantitative estimate of drug-likeness (QED) is 0.688. The summed E-state index contributed by atoms with van der Waals surface area (Å²) in [6.07, 6.45) is 1.05. The number of hydrogen-bond acceptors (Lipinski definition) is 4. The second kappa shape index (κ2) is 9.73. The molecular weight excluding hydrogens is 426 g/mol. The van der Waals surface area contributed by atoms with Crippen molar-refractivity contribution in [2.45, 2.75) is 39.2 Å². The van der Waals surface area contributed by atoms with Crippen LogP contribution in [0.4, 0.5) is 5.69 Å². The van der Waals surface area contributed by atoms with Crippen LogP contribution in [0.5, 0.6) is 0 Å². The van der Waals surface area contributed by atoms with E-state index in [0.717, 1.165) is 16.1 Å². The Balaban J connectivity index is 2.14. The van der Waals surface area contributed by atoms with E-state index in [1.54, 1.807) is 26.2 Å². The molecule has 0 aliphatic heterocycles. The van der Waals surface area contributed by atoms with Crippen LogP contribution >= 0.6 is 0 Å². The van der Waals surface area contributed by atoms with E-state index in [9.17, 15) is 18.0 Å². The Morgan fingerprint density at radius 1 is 0.969 bits per heavy atom. The summed E-state index contributed by atoms with van der Waals surface area (Å²) < 4.78 is 25.7. The molecule has 2 aromatic carbocycles. The fourth-order valence-corrected chi connectivity index (χ4v) is 4.06. The van der Waals surface area contributed by atoms with Gasteiger partial charge in [-0.1, -0.05) is 45.0 Å². The average Bonchev–Trinajstić information content (AvgIpc) is 2.70. The van der Waals surface area contributed by atoms with Crippen molar-refractivity contribution in [3.8, 4) is 0 Å². The number of benzene rings is 2. The molecule has 8 heteroatoms. The molecule has 1 unspecified atom stereocenters. The van der Waals surface area contributed by atoms with Crippen LogP contribution < -0.4 is 9.62 Å². The fraction of sp³-hybridized carbons (Fsp3) is 0.417. The summed E-state index contributed by atoms with van der Waals surface area (Å²) in [4.78, 5) is 26.2. The highest BCUT2D eigenvalue weighted by atomic mass is 32.2. The van der Waals surface area contributed by atoms with Gasteiger partial charge in [-0.05, 0) is 47.7 Å². The molecule has 2 aromatic rings. The summed E-state index contributed by atoms with van der Waals surface area (Å²) >= 11 is 0. The smallest absolute Gasteiger partial charge is 0.253 e. The highest BCUT2D eigenvalue weighted by Gasteiger charge is 2.23. The normalized spacial score (nSPS) is 12.7. The van der Waals surface area contributed by atoms with Crippen LogP contribution in [0.2, 0.25) is 0 Å². The van der Waals surface area contributed by atoms with Gasteiger partial charge in [0.25, 0.3) is 5.91 Å². The Hall–Kier alpha value is -2.87. The highest BCUT2D eigenvalue weighted by Crippen LogP contribution is 2.24. The van der Waals surface area contributed by atoms with E-state index in [1.165, 1.54) is 22.6 Å². The maximum atomic E-state index is 12.7. The average molecular weight is 460 g/mol. The molecule has 0 aliphatic rings. The van der Waals surface area contributed by atoms with E-state index in [4.69, 9.17) is 0 Å². The zero-order chi connectivity index (χ0) is 24.3. The molecule has 0 radical (unpaired) electrons. The van der Waals surface area contributed by atoms with Gasteiger partial charge >= 0.3 is 0 Å². The van der Waals surface area contributed by atoms with Crippen molar-refractivity contribution in [1.29, 1.82) is 0 Å². The molecule has 0 spiro atoms. The zero-order valence-corrected chi connectivity index (χ0v) is 20.7. The standard InChI is InChI=1S/C24H33N3O4S/c1-17(18-8-12-20(13-9-18)24(2,3)4)25-22(28)16-27(32(7,30)31)21-14-10-19(11-15-21)23(29)26(5)6/h8-15,17H,16H2,1-7H3,(H,25,28). The van der Waals surface area contributed by atoms with Gasteiger partial charge in [-0.15, -0.1) is 0 Å². The Labute approximate surface area is 191 Å². The van der Waals surface area contributed by atoms with Crippen molar-refractivity contribution in [2.24, 2.45) is 0 Å². The third-order valence-corrected chi connectivity index (χ3v) is 6.29. The van der Waals surface area contributed by atoms with E-state index in [0.29, 0.717) is 11.3 Å². The number of hydrogen-bond donors (Lipinski definition) is 1. The second-order valence-electron chi connectivity index (χ2n) is 9.18. The first-order chi connectivity index (χ1) is 14.7. The minimum Gasteiger partial charge on any atom is -0.348 e. The first kappa shape index (κ1) is 25.4. The molecule has 0 aromatic heterocycles. The number of nitrogens with one attached hydrogen (secondary N) is 1. The first-order valence-electron chi connectivity index (χ1n) is 10.4. The van der Waals surface area contributed by atoms with E-state index in [2.05, 4.69) is 26.1 Å². The molecule has 7 nitrogen and oxygen atoms in total. The van der Waals surface area contributed by atoms with Gasteiger partial charge in [0.2, 0.25) is 15.9 Å². The van der Waals surface area contributed by atoms with E-state index in [1.807, 2.05) is 31.2 Å². The lowest BCUT2D eigenvalue weighted by atomic mass is 9.86. The van der Waals surface area contributed by atoms with Gasteiger partial charge < -0.3 is 10.2 Å². The van der Waals surface area contributed by atoms with Crippen molar-refractivity contribution >= 4 is 27.5 Å². The lowest BCUT2D eigenvalue weighted by molar-refractivity contribution is -0.120. The molecule has 174 valence electrons. The molecule has 0 saturated carbocycles. The molecule has 0 fully saturated rings. The molecular formula is C24H33N3O4S. The Kier molecular flexibility index (Phi) is 7.72. The largest absolute Gasteiger partial charge is 0.348 e. The summed E-state index contributed by atoms with van der Waals surface area (Å²) in [5.74, 6) is -0.609. The van der Waals surface area contributed by atoms with Crippen LogP contribution in [0.3, 0.4) is 0 Å². The minimum atomic E-state index is -3.71. The molecule has 0 saturated heterocycles. The van der Waals surface area contributed by atoms with Crippen LogP contribution in [0.15, 0.2) is 48.5 Å². The summed E-state index contributed by atoms with van der Waals surface area (Å²) in [5, 5.41) is 2.87. The van der Waals surface area contributed by atoms with Gasteiger partial charge in [0.05, 0.1) is 18.0 Å². The molecule has 2 rings (SSSR count). The summed E-state index contributed by atoms with van der Waals surface area (Å²) in [6.45, 7) is 7.91. The minimum absolute atomic E-state index is 0.0354. The third kappa shape index (κ3) is 6.56. The number of nitrogens with zero attached hydrogens (tertiary/aromatic N) is 2. The second-order valence-corrected chi connectivity index (χ2v) is 11.1. The Morgan fingerprint density at radius 2 is 1.50 bits per heavy atom. The van der Waals surface area contributed by atoms with E-state index < -0.39 is 15.9 Å². The van der Waals surface area contributed by atoms with Gasteiger partial charge in [0.1, 0.15) is 6.54 Å². The molecule has 32 heavy (non-hydrogen) atoms. The van der Waals surface area contributed by atoms with E-state index >= 15 is 0 Å². The number of carbonyl (C=O) groups is 2. The van der Waals surface area contributed by atoms with Crippen molar-refractivity contribution in [3.63, 3.8) is 0 Å². The van der Waals surface area contributed by atoms with E-state index in [-0.39, 0.29) is 23.9 Å². The SMILES string of the molecule is CC(NC(=O)CN(c1ccc(C(=O)N(C)C)cc1)S(C)(=O)=O)c1ccc(C(C)(C)C)cc1. The van der Waals surface area contributed by atoms with Gasteiger partial charge in [0.15, 0.2) is 0 Å². The lowest BCUT2D eigenvalue weighted by Gasteiger charge is -2.24. The number of amides is 2. The van der Waals surface area contributed by atoms with Crippen LogP contribution in [0.1, 0.15) is 55.2 Å². The van der Waals surface area contributed by atoms with Gasteiger partial charge in [-0.25, -0.2) is 8.42 Å². The van der Waals surface area contributed by atoms with Crippen molar-refractivity contribution in [3.05, 3.63) is 65.2 Å². The van der Waals surface area contributed by atoms with Crippen LogP contribution in [-0.2, 0) is 20.2 Å². The fourth-order valence-electron chi connectivity index (χ4n) is 3.20.